The zero-order valence-electron chi connectivity index (χ0n) is 18.7. The molecular formula is C23H25N3O5S2. The van der Waals surface area contributed by atoms with Crippen LogP contribution >= 0.6 is 11.8 Å². The molecule has 8 nitrogen and oxygen atoms in total. The summed E-state index contributed by atoms with van der Waals surface area (Å²) in [5.74, 6) is 0.150. The van der Waals surface area contributed by atoms with E-state index in [-0.39, 0.29) is 27.1 Å². The van der Waals surface area contributed by atoms with Crippen molar-refractivity contribution < 1.29 is 17.9 Å². The summed E-state index contributed by atoms with van der Waals surface area (Å²) >= 11 is 0.981. The van der Waals surface area contributed by atoms with Crippen LogP contribution in [0.5, 0.6) is 5.75 Å². The molecule has 33 heavy (non-hydrogen) atoms. The monoisotopic (exact) mass is 487 g/mol. The number of rotatable bonds is 7. The van der Waals surface area contributed by atoms with Crippen LogP contribution in [0, 0.1) is 0 Å². The number of H-pyrrole nitrogens is 1. The highest BCUT2D eigenvalue weighted by atomic mass is 32.2. The molecule has 1 heterocycles. The van der Waals surface area contributed by atoms with Crippen molar-refractivity contribution in [1.82, 2.24) is 9.97 Å². The van der Waals surface area contributed by atoms with Crippen LogP contribution in [0.4, 0.5) is 5.69 Å². The minimum Gasteiger partial charge on any atom is -0.495 e. The number of methoxy groups -OCH3 is 1. The molecule has 0 bridgehead atoms. The predicted molar refractivity (Wildman–Crippen MR) is 128 cm³/mol. The summed E-state index contributed by atoms with van der Waals surface area (Å²) < 4.78 is 31.0. The number of hydrogen-bond donors (Lipinski definition) is 2. The van der Waals surface area contributed by atoms with Gasteiger partial charge in [0.25, 0.3) is 5.56 Å². The number of aromatic nitrogens is 2. The van der Waals surface area contributed by atoms with E-state index in [1.54, 1.807) is 36.4 Å². The lowest BCUT2D eigenvalue weighted by molar-refractivity contribution is -0.113. The van der Waals surface area contributed by atoms with Crippen LogP contribution in [0.25, 0.3) is 0 Å². The number of amides is 1. The summed E-state index contributed by atoms with van der Waals surface area (Å²) in [6, 6.07) is 13.4. The highest BCUT2D eigenvalue weighted by Crippen LogP contribution is 2.26. The zero-order chi connectivity index (χ0) is 24.2. The van der Waals surface area contributed by atoms with Gasteiger partial charge in [-0.15, -0.1) is 0 Å². The molecule has 0 saturated heterocycles. The fourth-order valence-electron chi connectivity index (χ4n) is 2.96. The van der Waals surface area contributed by atoms with Crippen molar-refractivity contribution in [3.63, 3.8) is 0 Å². The predicted octanol–water partition coefficient (Wildman–Crippen LogP) is 3.64. The second-order valence-electron chi connectivity index (χ2n) is 8.20. The van der Waals surface area contributed by atoms with Crippen molar-refractivity contribution >= 4 is 33.2 Å². The fraction of sp³-hybridized carbons (Fsp3) is 0.261. The summed E-state index contributed by atoms with van der Waals surface area (Å²) in [6.45, 7) is 6.08. The van der Waals surface area contributed by atoms with E-state index in [9.17, 15) is 18.0 Å². The normalized spacial score (nSPS) is 11.8. The van der Waals surface area contributed by atoms with Gasteiger partial charge in [-0.25, -0.2) is 13.4 Å². The number of carbonyl (C=O) groups excluding carboxylic acids is 1. The van der Waals surface area contributed by atoms with Gasteiger partial charge in [-0.3, -0.25) is 9.59 Å². The first kappa shape index (κ1) is 24.5. The van der Waals surface area contributed by atoms with Crippen molar-refractivity contribution in [2.75, 3.05) is 18.2 Å². The van der Waals surface area contributed by atoms with Crippen LogP contribution in [-0.4, -0.2) is 37.2 Å². The average molecular weight is 488 g/mol. The second-order valence-corrected chi connectivity index (χ2v) is 11.1. The Balaban J connectivity index is 1.72. The van der Waals surface area contributed by atoms with Crippen LogP contribution in [0.15, 0.2) is 74.5 Å². The van der Waals surface area contributed by atoms with E-state index in [4.69, 9.17) is 4.74 Å². The lowest BCUT2D eigenvalue weighted by Gasteiger charge is -2.19. The molecule has 0 aliphatic rings. The highest BCUT2D eigenvalue weighted by Gasteiger charge is 2.23. The van der Waals surface area contributed by atoms with Crippen molar-refractivity contribution in [3.05, 3.63) is 70.6 Å². The number of carbonyl (C=O) groups is 1. The van der Waals surface area contributed by atoms with E-state index in [1.165, 1.54) is 19.2 Å². The largest absolute Gasteiger partial charge is 0.495 e. The highest BCUT2D eigenvalue weighted by molar-refractivity contribution is 7.99. The van der Waals surface area contributed by atoms with Crippen molar-refractivity contribution in [1.29, 1.82) is 0 Å². The number of nitrogens with one attached hydrogen (secondary N) is 2. The van der Waals surface area contributed by atoms with Gasteiger partial charge in [0.2, 0.25) is 15.7 Å². The maximum Gasteiger partial charge on any atom is 0.270 e. The summed E-state index contributed by atoms with van der Waals surface area (Å²) in [5.41, 5.74) is 0.577. The molecule has 0 radical (unpaired) electrons. The number of thioether (sulfide) groups is 1. The molecule has 0 fully saturated rings. The number of anilines is 1. The molecule has 0 unspecified atom stereocenters. The fourth-order valence-corrected chi connectivity index (χ4v) is 4.83. The van der Waals surface area contributed by atoms with Gasteiger partial charge in [-0.05, 0) is 35.2 Å². The molecule has 10 heteroatoms. The Morgan fingerprint density at radius 1 is 1.12 bits per heavy atom. The van der Waals surface area contributed by atoms with Crippen molar-refractivity contribution in [2.24, 2.45) is 0 Å². The van der Waals surface area contributed by atoms with Gasteiger partial charge in [0, 0.05) is 0 Å². The minimum absolute atomic E-state index is 0.0133. The van der Waals surface area contributed by atoms with Gasteiger partial charge in [-0.2, -0.15) is 0 Å². The summed E-state index contributed by atoms with van der Waals surface area (Å²) in [6.07, 6.45) is 1.02. The Kier molecular flexibility index (Phi) is 7.28. The summed E-state index contributed by atoms with van der Waals surface area (Å²) in [4.78, 5) is 30.8. The van der Waals surface area contributed by atoms with E-state index >= 15 is 0 Å². The van der Waals surface area contributed by atoms with E-state index in [0.29, 0.717) is 11.4 Å². The third kappa shape index (κ3) is 5.82. The molecule has 3 rings (SSSR count). The lowest BCUT2D eigenvalue weighted by atomic mass is 9.87. The van der Waals surface area contributed by atoms with Crippen LogP contribution in [0.3, 0.4) is 0 Å². The topological polar surface area (TPSA) is 118 Å². The van der Waals surface area contributed by atoms with E-state index < -0.39 is 20.3 Å². The summed E-state index contributed by atoms with van der Waals surface area (Å²) in [7, 11) is -2.53. The van der Waals surface area contributed by atoms with E-state index in [0.717, 1.165) is 23.5 Å². The molecule has 0 spiro atoms. The Hall–Kier alpha value is -3.11. The third-order valence-corrected chi connectivity index (χ3v) is 7.43. The Labute approximate surface area is 196 Å². The lowest BCUT2D eigenvalue weighted by Crippen LogP contribution is -2.20. The van der Waals surface area contributed by atoms with Gasteiger partial charge in [0.15, 0.2) is 10.1 Å². The standard InChI is InChI=1S/C23H25N3O5S2/c1-23(2,3)15-9-11-16(12-10-15)33(29,30)19-13-24-22(26-21(19)28)32-14-20(27)25-17-7-5-6-8-18(17)31-4/h5-13H,14H2,1-4H3,(H,25,27)(H,24,26,28). The Morgan fingerprint density at radius 2 is 1.79 bits per heavy atom. The van der Waals surface area contributed by atoms with E-state index in [1.807, 2.05) is 20.8 Å². The molecule has 3 aromatic rings. The number of para-hydroxylation sites is 2. The molecular weight excluding hydrogens is 462 g/mol. The Bertz CT molecular complexity index is 1310. The first-order valence-corrected chi connectivity index (χ1v) is 12.5. The maximum absolute atomic E-state index is 12.9. The minimum atomic E-state index is -4.04. The molecule has 2 N–H and O–H groups in total. The average Bonchev–Trinajstić information content (AvgIpc) is 2.77. The number of nitrogens with zero attached hydrogens (tertiary/aromatic N) is 1. The van der Waals surface area contributed by atoms with E-state index in [2.05, 4.69) is 15.3 Å². The third-order valence-electron chi connectivity index (χ3n) is 4.78. The first-order valence-electron chi connectivity index (χ1n) is 10.0. The molecule has 0 aliphatic carbocycles. The van der Waals surface area contributed by atoms with Gasteiger partial charge in [-0.1, -0.05) is 56.8 Å². The quantitative estimate of drug-likeness (QED) is 0.386. The van der Waals surface area contributed by atoms with Crippen LogP contribution in [0.2, 0.25) is 0 Å². The number of aromatic amines is 1. The van der Waals surface area contributed by atoms with Crippen LogP contribution in [0.1, 0.15) is 26.3 Å². The number of sulfone groups is 1. The molecule has 0 saturated carbocycles. The molecule has 2 aromatic carbocycles. The second kappa shape index (κ2) is 9.80. The molecule has 0 atom stereocenters. The molecule has 1 aromatic heterocycles. The first-order chi connectivity index (χ1) is 15.5. The number of benzene rings is 2. The zero-order valence-corrected chi connectivity index (χ0v) is 20.3. The Morgan fingerprint density at radius 3 is 2.39 bits per heavy atom. The van der Waals surface area contributed by atoms with Crippen molar-refractivity contribution in [3.8, 4) is 5.75 Å². The number of hydrogen-bond acceptors (Lipinski definition) is 7. The molecule has 1 amide bonds. The number of ether oxygens (including phenoxy) is 1. The summed E-state index contributed by atoms with van der Waals surface area (Å²) in [5, 5.41) is 2.85. The van der Waals surface area contributed by atoms with Crippen molar-refractivity contribution in [2.45, 2.75) is 41.1 Å². The van der Waals surface area contributed by atoms with Gasteiger partial charge in [0.1, 0.15) is 5.75 Å². The molecule has 174 valence electrons. The SMILES string of the molecule is COc1ccccc1NC(=O)CSc1ncc(S(=O)(=O)c2ccc(C(C)(C)C)cc2)c(=O)[nH]1. The van der Waals surface area contributed by atoms with Crippen LogP contribution in [-0.2, 0) is 20.0 Å². The maximum atomic E-state index is 12.9. The molecule has 0 aliphatic heterocycles. The van der Waals surface area contributed by atoms with Gasteiger partial charge >= 0.3 is 0 Å². The van der Waals surface area contributed by atoms with Gasteiger partial charge in [0.05, 0.1) is 29.6 Å². The van der Waals surface area contributed by atoms with Crippen LogP contribution < -0.4 is 15.6 Å². The van der Waals surface area contributed by atoms with Gasteiger partial charge < -0.3 is 15.0 Å². The smallest absolute Gasteiger partial charge is 0.270 e.